The summed E-state index contributed by atoms with van der Waals surface area (Å²) < 4.78 is 10.6. The second-order valence-electron chi connectivity index (χ2n) is 17.6. The molecule has 64 heavy (non-hydrogen) atoms. The number of carbonyl (C=O) groups excluding carboxylic acids is 2. The molecule has 0 heterocycles. The van der Waals surface area contributed by atoms with Crippen LogP contribution in [0.4, 0.5) is 0 Å². The van der Waals surface area contributed by atoms with Gasteiger partial charge in [-0.1, -0.05) is 252 Å². The minimum atomic E-state index is -0.772. The molecule has 0 aromatic heterocycles. The van der Waals surface area contributed by atoms with Gasteiger partial charge < -0.3 is 14.6 Å². The Balaban J connectivity index is 3.51. The molecule has 0 saturated heterocycles. The van der Waals surface area contributed by atoms with E-state index in [1.165, 1.54) is 128 Å². The SMILES string of the molecule is CC/C=C\C/C=C\C/C=C\C/C=C\C/C=C\C/C=C\C/C=C\C/C=C\CCCCCCCCCCCCCCCCC(=O)OC(CO)COC(=O)CCCCCCCCCCCCC. The number of carbonyl (C=O) groups is 2. The summed E-state index contributed by atoms with van der Waals surface area (Å²) in [6.07, 6.45) is 76.7. The van der Waals surface area contributed by atoms with Gasteiger partial charge in [-0.3, -0.25) is 9.59 Å². The number of hydrogen-bond donors (Lipinski definition) is 1. The summed E-state index contributed by atoms with van der Waals surface area (Å²) in [4.78, 5) is 24.3. The van der Waals surface area contributed by atoms with Crippen LogP contribution >= 0.6 is 0 Å². The van der Waals surface area contributed by atoms with E-state index >= 15 is 0 Å². The number of rotatable bonds is 48. The Kier molecular flexibility index (Phi) is 51.5. The van der Waals surface area contributed by atoms with Gasteiger partial charge in [0.15, 0.2) is 6.10 Å². The molecular weight excluding hydrogens is 789 g/mol. The molecule has 0 saturated carbocycles. The van der Waals surface area contributed by atoms with E-state index in [-0.39, 0.29) is 25.2 Å². The average molecular weight is 889 g/mol. The molecule has 1 N–H and O–H groups in total. The summed E-state index contributed by atoms with van der Waals surface area (Å²) in [5.41, 5.74) is 0. The molecule has 0 aliphatic heterocycles. The quantitative estimate of drug-likeness (QED) is 0.0374. The largest absolute Gasteiger partial charge is 0.462 e. The smallest absolute Gasteiger partial charge is 0.306 e. The summed E-state index contributed by atoms with van der Waals surface area (Å²) in [7, 11) is 0. The first-order chi connectivity index (χ1) is 31.6. The molecule has 366 valence electrons. The second kappa shape index (κ2) is 54.2. The van der Waals surface area contributed by atoms with E-state index in [9.17, 15) is 14.7 Å². The summed E-state index contributed by atoms with van der Waals surface area (Å²) in [6.45, 7) is 4.02. The fourth-order valence-corrected chi connectivity index (χ4v) is 7.39. The lowest BCUT2D eigenvalue weighted by atomic mass is 10.0. The molecule has 1 atom stereocenters. The third-order valence-electron chi connectivity index (χ3n) is 11.4. The first kappa shape index (κ1) is 60.8. The first-order valence-corrected chi connectivity index (χ1v) is 26.8. The number of esters is 2. The molecule has 5 heteroatoms. The molecule has 0 fully saturated rings. The van der Waals surface area contributed by atoms with Crippen molar-refractivity contribution in [2.75, 3.05) is 13.2 Å². The number of aliphatic hydroxyl groups is 1. The van der Waals surface area contributed by atoms with Crippen LogP contribution in [0.15, 0.2) is 97.2 Å². The van der Waals surface area contributed by atoms with Gasteiger partial charge in [0.1, 0.15) is 6.61 Å². The molecule has 0 spiro atoms. The molecule has 0 aliphatic carbocycles. The highest BCUT2D eigenvalue weighted by Crippen LogP contribution is 2.15. The van der Waals surface area contributed by atoms with Crippen LogP contribution in [0.3, 0.4) is 0 Å². The zero-order valence-electron chi connectivity index (χ0n) is 41.8. The Bertz CT molecular complexity index is 1230. The minimum absolute atomic E-state index is 0.0658. The van der Waals surface area contributed by atoms with Gasteiger partial charge >= 0.3 is 11.9 Å². The number of unbranched alkanes of at least 4 members (excludes halogenated alkanes) is 24. The van der Waals surface area contributed by atoms with Crippen molar-refractivity contribution in [3.8, 4) is 0 Å². The molecule has 1 unspecified atom stereocenters. The Morgan fingerprint density at radius 1 is 0.375 bits per heavy atom. The highest BCUT2D eigenvalue weighted by atomic mass is 16.6. The Morgan fingerprint density at radius 3 is 1.02 bits per heavy atom. The van der Waals surface area contributed by atoms with E-state index in [1.54, 1.807) is 0 Å². The first-order valence-electron chi connectivity index (χ1n) is 26.8. The van der Waals surface area contributed by atoms with Gasteiger partial charge in [0, 0.05) is 12.8 Å². The Hall–Kier alpha value is -3.18. The van der Waals surface area contributed by atoms with Crippen LogP contribution in [0.5, 0.6) is 0 Å². The normalized spacial score (nSPS) is 13.0. The van der Waals surface area contributed by atoms with Crippen molar-refractivity contribution in [3.63, 3.8) is 0 Å². The van der Waals surface area contributed by atoms with Crippen molar-refractivity contribution in [1.82, 2.24) is 0 Å². The second-order valence-corrected chi connectivity index (χ2v) is 17.6. The van der Waals surface area contributed by atoms with E-state index < -0.39 is 6.10 Å². The predicted octanol–water partition coefficient (Wildman–Crippen LogP) is 18.0. The van der Waals surface area contributed by atoms with Gasteiger partial charge in [-0.15, -0.1) is 0 Å². The van der Waals surface area contributed by atoms with Crippen LogP contribution in [0.1, 0.15) is 245 Å². The maximum atomic E-state index is 12.2. The number of aliphatic hydroxyl groups excluding tert-OH is 1. The lowest BCUT2D eigenvalue weighted by Gasteiger charge is -2.15. The van der Waals surface area contributed by atoms with Crippen LogP contribution in [0.25, 0.3) is 0 Å². The molecule has 0 amide bonds. The van der Waals surface area contributed by atoms with Crippen LogP contribution in [0.2, 0.25) is 0 Å². The summed E-state index contributed by atoms with van der Waals surface area (Å²) >= 11 is 0. The highest BCUT2D eigenvalue weighted by Gasteiger charge is 2.16. The van der Waals surface area contributed by atoms with Gasteiger partial charge in [0.25, 0.3) is 0 Å². The maximum Gasteiger partial charge on any atom is 0.306 e. The fraction of sp³-hybridized carbons (Fsp3) is 0.695. The van der Waals surface area contributed by atoms with Crippen LogP contribution < -0.4 is 0 Å². The molecule has 0 radical (unpaired) electrons. The van der Waals surface area contributed by atoms with E-state index in [0.29, 0.717) is 12.8 Å². The third-order valence-corrected chi connectivity index (χ3v) is 11.4. The lowest BCUT2D eigenvalue weighted by molar-refractivity contribution is -0.161. The van der Waals surface area contributed by atoms with Crippen LogP contribution in [-0.2, 0) is 19.1 Å². The fourth-order valence-electron chi connectivity index (χ4n) is 7.39. The van der Waals surface area contributed by atoms with E-state index in [0.717, 1.165) is 89.9 Å². The topological polar surface area (TPSA) is 72.8 Å². The van der Waals surface area contributed by atoms with Gasteiger partial charge in [-0.25, -0.2) is 0 Å². The molecule has 5 nitrogen and oxygen atoms in total. The van der Waals surface area contributed by atoms with Gasteiger partial charge in [-0.05, 0) is 77.0 Å². The number of allylic oxidation sites excluding steroid dienone is 16. The molecule has 0 rings (SSSR count). The van der Waals surface area contributed by atoms with Crippen molar-refractivity contribution in [2.45, 2.75) is 251 Å². The molecule has 0 aromatic carbocycles. The van der Waals surface area contributed by atoms with Gasteiger partial charge in [0.2, 0.25) is 0 Å². The number of hydrogen-bond acceptors (Lipinski definition) is 5. The molecule has 0 aromatic rings. The standard InChI is InChI=1S/C59H100O5/c1-3-5-7-9-11-13-15-16-17-18-19-20-21-22-23-24-25-26-27-28-29-30-31-32-33-34-35-36-37-38-39-40-41-42-44-46-48-50-52-54-59(62)64-57(55-60)56-63-58(61)53-51-49-47-45-43-14-12-10-8-6-4-2/h5,7,11,13,16-17,19-20,22-23,25-26,28-29,31-32,57,60H,3-4,6,8-10,12,14-15,18,21,24,27,30,33-56H2,1-2H3/b7-5-,13-11-,17-16-,20-19-,23-22-,26-25-,29-28-,32-31-. The average Bonchev–Trinajstić information content (AvgIpc) is 3.30. The highest BCUT2D eigenvalue weighted by molar-refractivity contribution is 5.70. The monoisotopic (exact) mass is 889 g/mol. The minimum Gasteiger partial charge on any atom is -0.462 e. The van der Waals surface area contributed by atoms with E-state index in [1.807, 2.05) is 0 Å². The zero-order chi connectivity index (χ0) is 46.3. The molecular formula is C59H100O5. The van der Waals surface area contributed by atoms with Gasteiger partial charge in [-0.2, -0.15) is 0 Å². The summed E-state index contributed by atoms with van der Waals surface area (Å²) in [5, 5.41) is 9.60. The summed E-state index contributed by atoms with van der Waals surface area (Å²) in [5.74, 6) is -0.589. The van der Waals surface area contributed by atoms with E-state index in [4.69, 9.17) is 9.47 Å². The Labute approximate surface area is 396 Å². The lowest BCUT2D eigenvalue weighted by Crippen LogP contribution is -2.28. The van der Waals surface area contributed by atoms with Crippen LogP contribution in [0, 0.1) is 0 Å². The van der Waals surface area contributed by atoms with Crippen molar-refractivity contribution < 1.29 is 24.2 Å². The third kappa shape index (κ3) is 51.5. The predicted molar refractivity (Wildman–Crippen MR) is 279 cm³/mol. The molecule has 0 aliphatic rings. The zero-order valence-corrected chi connectivity index (χ0v) is 41.8. The summed E-state index contributed by atoms with van der Waals surface area (Å²) in [6, 6.07) is 0. The van der Waals surface area contributed by atoms with Crippen molar-refractivity contribution >= 4 is 11.9 Å². The maximum absolute atomic E-state index is 12.2. The van der Waals surface area contributed by atoms with Crippen molar-refractivity contribution in [3.05, 3.63) is 97.2 Å². The van der Waals surface area contributed by atoms with Crippen molar-refractivity contribution in [2.24, 2.45) is 0 Å². The van der Waals surface area contributed by atoms with E-state index in [2.05, 4.69) is 111 Å². The van der Waals surface area contributed by atoms with Crippen LogP contribution in [-0.4, -0.2) is 36.4 Å². The van der Waals surface area contributed by atoms with Gasteiger partial charge in [0.05, 0.1) is 6.61 Å². The number of ether oxygens (including phenoxy) is 2. The van der Waals surface area contributed by atoms with Crippen molar-refractivity contribution in [1.29, 1.82) is 0 Å². The molecule has 0 bridgehead atoms. The Morgan fingerprint density at radius 2 is 0.672 bits per heavy atom.